The molecule has 0 bridgehead atoms. The number of aromatic nitrogens is 2. The van der Waals surface area contributed by atoms with Crippen LogP contribution in [0.5, 0.6) is 11.5 Å². The van der Waals surface area contributed by atoms with Crippen LogP contribution < -0.4 is 9.47 Å². The monoisotopic (exact) mass is 423 g/mol. The highest BCUT2D eigenvalue weighted by Gasteiger charge is 2.29. The molecule has 6 nitrogen and oxygen atoms in total. The van der Waals surface area contributed by atoms with E-state index < -0.39 is 6.10 Å². The molecule has 156 valence electrons. The fourth-order valence-electron chi connectivity index (χ4n) is 3.69. The number of nitrogens with zero attached hydrogens (tertiary/aromatic N) is 3. The third-order valence-electron chi connectivity index (χ3n) is 5.34. The van der Waals surface area contributed by atoms with E-state index in [0.717, 1.165) is 34.2 Å². The molecule has 1 unspecified atom stereocenters. The summed E-state index contributed by atoms with van der Waals surface area (Å²) in [7, 11) is 1.66. The van der Waals surface area contributed by atoms with Crippen LogP contribution in [0.2, 0.25) is 0 Å². The van der Waals surface area contributed by atoms with Crippen molar-refractivity contribution in [2.24, 2.45) is 0 Å². The smallest absolute Gasteiger partial charge is 0.263 e. The van der Waals surface area contributed by atoms with Crippen LogP contribution in [0.15, 0.2) is 54.6 Å². The molecule has 0 spiro atoms. The van der Waals surface area contributed by atoms with Crippen molar-refractivity contribution >= 4 is 17.2 Å². The summed E-state index contributed by atoms with van der Waals surface area (Å²) in [5.74, 6) is 1.86. The lowest BCUT2D eigenvalue weighted by Crippen LogP contribution is -2.44. The van der Waals surface area contributed by atoms with Gasteiger partial charge in [-0.15, -0.1) is 10.2 Å². The lowest BCUT2D eigenvalue weighted by atomic mass is 9.97. The summed E-state index contributed by atoms with van der Waals surface area (Å²) in [4.78, 5) is 14.7. The fourth-order valence-corrected chi connectivity index (χ4v) is 4.73. The average molecular weight is 424 g/mol. The van der Waals surface area contributed by atoms with Crippen LogP contribution >= 0.6 is 11.3 Å². The number of methoxy groups -OCH3 is 1. The Morgan fingerprint density at radius 1 is 1.07 bits per heavy atom. The Balaban J connectivity index is 1.36. The first-order valence-electron chi connectivity index (χ1n) is 10.1. The Morgan fingerprint density at radius 3 is 2.50 bits per heavy atom. The Kier molecular flexibility index (Phi) is 6.28. The van der Waals surface area contributed by atoms with Gasteiger partial charge in [0.2, 0.25) is 0 Å². The van der Waals surface area contributed by atoms with Gasteiger partial charge in [0.15, 0.2) is 11.1 Å². The van der Waals surface area contributed by atoms with E-state index in [-0.39, 0.29) is 5.91 Å². The van der Waals surface area contributed by atoms with Gasteiger partial charge in [-0.05, 0) is 44.0 Å². The first-order valence-corrected chi connectivity index (χ1v) is 10.9. The lowest BCUT2D eigenvalue weighted by Gasteiger charge is -2.32. The van der Waals surface area contributed by atoms with Gasteiger partial charge in [-0.2, -0.15) is 0 Å². The van der Waals surface area contributed by atoms with E-state index in [0.29, 0.717) is 24.8 Å². The number of hydrogen-bond donors (Lipinski definition) is 0. The van der Waals surface area contributed by atoms with Gasteiger partial charge in [0.25, 0.3) is 5.91 Å². The van der Waals surface area contributed by atoms with Crippen molar-refractivity contribution in [1.82, 2.24) is 15.1 Å². The summed E-state index contributed by atoms with van der Waals surface area (Å²) >= 11 is 1.61. The third-order valence-corrected chi connectivity index (χ3v) is 6.46. The molecule has 0 aliphatic carbocycles. The summed E-state index contributed by atoms with van der Waals surface area (Å²) in [5.41, 5.74) is 0.961. The molecule has 0 N–H and O–H groups in total. The molecule has 1 atom stereocenters. The van der Waals surface area contributed by atoms with E-state index in [4.69, 9.17) is 9.47 Å². The number of piperidine rings is 1. The Labute approximate surface area is 180 Å². The van der Waals surface area contributed by atoms with E-state index in [1.807, 2.05) is 66.4 Å². The van der Waals surface area contributed by atoms with Gasteiger partial charge >= 0.3 is 0 Å². The second-order valence-corrected chi connectivity index (χ2v) is 8.33. The number of amides is 1. The maximum atomic E-state index is 12.8. The van der Waals surface area contributed by atoms with Gasteiger partial charge in [0.1, 0.15) is 16.5 Å². The predicted molar refractivity (Wildman–Crippen MR) is 117 cm³/mol. The van der Waals surface area contributed by atoms with Crippen molar-refractivity contribution in [3.63, 3.8) is 0 Å². The van der Waals surface area contributed by atoms with Gasteiger partial charge in [0.05, 0.1) is 12.7 Å². The van der Waals surface area contributed by atoms with Gasteiger partial charge in [-0.1, -0.05) is 41.7 Å². The molecule has 1 aliphatic rings. The second kappa shape index (κ2) is 9.26. The average Bonchev–Trinajstić information content (AvgIpc) is 3.29. The summed E-state index contributed by atoms with van der Waals surface area (Å²) in [6.45, 7) is 3.22. The summed E-state index contributed by atoms with van der Waals surface area (Å²) in [5, 5.41) is 10.7. The van der Waals surface area contributed by atoms with Crippen molar-refractivity contribution in [1.29, 1.82) is 0 Å². The van der Waals surface area contributed by atoms with Gasteiger partial charge in [-0.25, -0.2) is 0 Å². The van der Waals surface area contributed by atoms with E-state index in [1.165, 1.54) is 0 Å². The highest BCUT2D eigenvalue weighted by molar-refractivity contribution is 7.14. The quantitative estimate of drug-likeness (QED) is 0.588. The molecule has 1 saturated heterocycles. The zero-order valence-electron chi connectivity index (χ0n) is 17.2. The normalized spacial score (nSPS) is 15.6. The van der Waals surface area contributed by atoms with Crippen LogP contribution in [0.3, 0.4) is 0 Å². The zero-order valence-corrected chi connectivity index (χ0v) is 18.0. The van der Waals surface area contributed by atoms with Crippen LogP contribution in [0.1, 0.15) is 30.7 Å². The molecule has 0 saturated carbocycles. The maximum Gasteiger partial charge on any atom is 0.263 e. The number of carbonyl (C=O) groups is 1. The molecule has 1 aliphatic heterocycles. The third kappa shape index (κ3) is 4.46. The first-order chi connectivity index (χ1) is 14.7. The van der Waals surface area contributed by atoms with E-state index in [1.54, 1.807) is 18.4 Å². The first kappa shape index (κ1) is 20.3. The molecule has 7 heteroatoms. The molecule has 1 fully saturated rings. The van der Waals surface area contributed by atoms with Crippen LogP contribution in [-0.4, -0.2) is 47.3 Å². The maximum absolute atomic E-state index is 12.8. The van der Waals surface area contributed by atoms with Crippen molar-refractivity contribution in [2.45, 2.75) is 31.8 Å². The van der Waals surface area contributed by atoms with Crippen molar-refractivity contribution in [2.75, 3.05) is 20.2 Å². The minimum Gasteiger partial charge on any atom is -0.496 e. The highest BCUT2D eigenvalue weighted by Crippen LogP contribution is 2.36. The Hall–Kier alpha value is -2.93. The summed E-state index contributed by atoms with van der Waals surface area (Å²) < 4.78 is 11.2. The molecular weight excluding hydrogens is 398 g/mol. The second-order valence-electron chi connectivity index (χ2n) is 7.32. The van der Waals surface area contributed by atoms with E-state index in [9.17, 15) is 4.79 Å². The van der Waals surface area contributed by atoms with Crippen LogP contribution in [-0.2, 0) is 4.79 Å². The van der Waals surface area contributed by atoms with E-state index >= 15 is 0 Å². The molecule has 2 aromatic carbocycles. The van der Waals surface area contributed by atoms with Gasteiger partial charge in [0, 0.05) is 19.0 Å². The number of hydrogen-bond acceptors (Lipinski definition) is 6. The van der Waals surface area contributed by atoms with Crippen molar-refractivity contribution in [3.05, 3.63) is 59.6 Å². The summed E-state index contributed by atoms with van der Waals surface area (Å²) in [6.07, 6.45) is 1.26. The van der Waals surface area contributed by atoms with Crippen molar-refractivity contribution in [3.8, 4) is 22.1 Å². The number of benzene rings is 2. The molecule has 0 radical (unpaired) electrons. The minimum absolute atomic E-state index is 0.0317. The molecule has 3 aromatic rings. The molecule has 4 rings (SSSR count). The van der Waals surface area contributed by atoms with E-state index in [2.05, 4.69) is 10.2 Å². The highest BCUT2D eigenvalue weighted by atomic mass is 32.1. The number of para-hydroxylation sites is 2. The predicted octanol–water partition coefficient (Wildman–Crippen LogP) is 4.39. The minimum atomic E-state index is -0.498. The van der Waals surface area contributed by atoms with Crippen LogP contribution in [0, 0.1) is 0 Å². The molecule has 2 heterocycles. The molecule has 1 amide bonds. The molecular formula is C23H25N3O3S. The lowest BCUT2D eigenvalue weighted by molar-refractivity contribution is -0.139. The molecule has 1 aromatic heterocycles. The van der Waals surface area contributed by atoms with Crippen molar-refractivity contribution < 1.29 is 14.3 Å². The van der Waals surface area contributed by atoms with Crippen LogP contribution in [0.4, 0.5) is 0 Å². The largest absolute Gasteiger partial charge is 0.496 e. The molecule has 30 heavy (non-hydrogen) atoms. The van der Waals surface area contributed by atoms with Gasteiger partial charge < -0.3 is 14.4 Å². The number of rotatable bonds is 6. The zero-order chi connectivity index (χ0) is 20.9. The number of ether oxygens (including phenoxy) is 2. The Bertz CT molecular complexity index is 984. The summed E-state index contributed by atoms with van der Waals surface area (Å²) in [6, 6.07) is 17.3. The van der Waals surface area contributed by atoms with Crippen LogP contribution in [0.25, 0.3) is 10.6 Å². The number of likely N-dealkylation sites (tertiary alicyclic amines) is 1. The van der Waals surface area contributed by atoms with Gasteiger partial charge in [-0.3, -0.25) is 4.79 Å². The topological polar surface area (TPSA) is 64.6 Å². The standard InChI is InChI=1S/C23H25N3O3S/c1-16(29-18-8-4-3-5-9-18)23(27)26-14-12-17(13-15-26)21-24-25-22(30-21)19-10-6-7-11-20(19)28-2/h3-11,16-17H,12-15H2,1-2H3. The number of carbonyl (C=O) groups excluding carboxylic acids is 1. The Morgan fingerprint density at radius 2 is 1.77 bits per heavy atom. The SMILES string of the molecule is COc1ccccc1-c1nnc(C2CCN(C(=O)C(C)Oc3ccccc3)CC2)s1. The fraction of sp³-hybridized carbons (Fsp3) is 0.348.